The Bertz CT molecular complexity index is 1750. The molecule has 4 rings (SSSR count). The normalized spacial score (nSPS) is 10.7. The van der Waals surface area contributed by atoms with Crippen LogP contribution >= 0.6 is 0 Å². The van der Waals surface area contributed by atoms with Crippen molar-refractivity contribution in [3.8, 4) is 0 Å². The van der Waals surface area contributed by atoms with E-state index >= 15 is 0 Å². The molecule has 0 spiro atoms. The largest absolute Gasteiger partial charge is 1.00 e. The van der Waals surface area contributed by atoms with Crippen LogP contribution in [0.1, 0.15) is 97.5 Å². The Morgan fingerprint density at radius 2 is 1.00 bits per heavy atom. The van der Waals surface area contributed by atoms with Crippen LogP contribution in [0.2, 0.25) is 0 Å². The first-order valence-electron chi connectivity index (χ1n) is 15.6. The Labute approximate surface area is 301 Å². The number of carboxylic acid groups (broad SMARTS) is 2. The maximum atomic E-state index is 11.6. The highest BCUT2D eigenvalue weighted by molar-refractivity contribution is 7.85. The number of carbonyl (C=O) groups is 3. The first-order chi connectivity index (χ1) is 23.7. The van der Waals surface area contributed by atoms with E-state index in [1.165, 1.54) is 12.1 Å². The molecule has 4 aromatic carbocycles. The molecule has 0 saturated carbocycles. The monoisotopic (exact) mass is 746 g/mol. The van der Waals surface area contributed by atoms with Gasteiger partial charge in [-0.15, -0.1) is 0 Å². The number of carbonyl (C=O) groups excluding carboxylic acids is 3. The molecule has 0 aliphatic heterocycles. The van der Waals surface area contributed by atoms with E-state index in [2.05, 4.69) is 13.8 Å². The number of aliphatic hydroxyl groups is 1. The first kappa shape index (κ1) is 47.1. The average molecular weight is 747 g/mol. The lowest BCUT2D eigenvalue weighted by Gasteiger charge is -2.30. The van der Waals surface area contributed by atoms with Crippen molar-refractivity contribution in [2.75, 3.05) is 0 Å². The topological polar surface area (TPSA) is 175 Å². The minimum atomic E-state index is -4.45. The molecular weight excluding hydrogens is 707 g/mol. The Morgan fingerprint density at radius 3 is 1.25 bits per heavy atom. The SMILES string of the molecule is CC(C)c1cc(C(C)C)c(S(=O)(=O)[O-])c(C(C)C)c1.FB(F)F.O=C([O-])C(=O)c1ccccc1.O=C([O-])C(O)(c1ccccc1)c1ccccc1.[F-]. The Balaban J connectivity index is 0.000000725. The van der Waals surface area contributed by atoms with Crippen LogP contribution in [0.15, 0.2) is 108 Å². The van der Waals surface area contributed by atoms with Gasteiger partial charge in [-0.3, -0.25) is 17.7 Å². The van der Waals surface area contributed by atoms with Crippen LogP contribution in [0.25, 0.3) is 0 Å². The van der Waals surface area contributed by atoms with Gasteiger partial charge in [0.1, 0.15) is 16.1 Å². The van der Waals surface area contributed by atoms with Crippen LogP contribution in [-0.2, 0) is 25.3 Å². The summed E-state index contributed by atoms with van der Waals surface area (Å²) in [6.45, 7) is 11.8. The van der Waals surface area contributed by atoms with Gasteiger partial charge in [0.15, 0.2) is 5.60 Å². The summed E-state index contributed by atoms with van der Waals surface area (Å²) in [5.74, 6) is -3.86. The Morgan fingerprint density at radius 1 is 0.673 bits per heavy atom. The lowest BCUT2D eigenvalue weighted by atomic mass is 9.86. The van der Waals surface area contributed by atoms with Gasteiger partial charge < -0.3 is 34.2 Å². The molecular formula is C37H39BF4O9S-4. The van der Waals surface area contributed by atoms with Crippen LogP contribution in [-0.4, -0.2) is 43.3 Å². The van der Waals surface area contributed by atoms with Crippen LogP contribution < -0.4 is 14.9 Å². The lowest BCUT2D eigenvalue weighted by molar-refractivity contribution is -0.323. The van der Waals surface area contributed by atoms with Gasteiger partial charge in [-0.2, -0.15) is 0 Å². The standard InChI is InChI=1S/C15H24O3S.C14H12O3.C8H6O3.BF3.FH/c1-9(2)12-7-13(10(3)4)15(19(16,17)18)14(8-12)11(5)6;15-13(16)14(17,11-7-3-1-4-8-11)12-9-5-2-6-10-12;9-7(8(10)11)6-4-2-1-3-5-6;2-1(3)4;/h7-11H,1-6H3,(H,16,17,18);1-10,17H,(H,15,16);1-5H,(H,10,11);;1H/p-4. The highest BCUT2D eigenvalue weighted by atomic mass is 32.2. The highest BCUT2D eigenvalue weighted by Crippen LogP contribution is 2.35. The van der Waals surface area contributed by atoms with Gasteiger partial charge in [0.05, 0.1) is 10.9 Å². The predicted molar refractivity (Wildman–Crippen MR) is 182 cm³/mol. The van der Waals surface area contributed by atoms with E-state index in [-0.39, 0.29) is 38.1 Å². The van der Waals surface area contributed by atoms with Crippen LogP contribution in [0.5, 0.6) is 0 Å². The number of halogens is 4. The molecule has 15 heteroatoms. The predicted octanol–water partition coefficient (Wildman–Crippen LogP) is 2.14. The van der Waals surface area contributed by atoms with Crippen molar-refractivity contribution in [2.24, 2.45) is 0 Å². The molecule has 52 heavy (non-hydrogen) atoms. The molecule has 0 amide bonds. The van der Waals surface area contributed by atoms with E-state index < -0.39 is 41.0 Å². The summed E-state index contributed by atoms with van der Waals surface area (Å²) in [4.78, 5) is 32.0. The summed E-state index contributed by atoms with van der Waals surface area (Å²) in [7, 11) is -8.11. The third-order valence-corrected chi connectivity index (χ3v) is 8.20. The quantitative estimate of drug-likeness (QED) is 0.0885. The summed E-state index contributed by atoms with van der Waals surface area (Å²) in [6, 6.07) is 27.9. The number of hydrogen-bond donors (Lipinski definition) is 1. The zero-order valence-electron chi connectivity index (χ0n) is 29.3. The molecule has 0 bridgehead atoms. The van der Waals surface area contributed by atoms with Crippen molar-refractivity contribution in [2.45, 2.75) is 69.8 Å². The summed E-state index contributed by atoms with van der Waals surface area (Å²) in [6.07, 6.45) is 0. The molecule has 9 nitrogen and oxygen atoms in total. The van der Waals surface area contributed by atoms with Gasteiger partial charge in [-0.1, -0.05) is 145 Å². The summed E-state index contributed by atoms with van der Waals surface area (Å²) < 4.78 is 63.8. The second-order valence-electron chi connectivity index (χ2n) is 11.9. The lowest BCUT2D eigenvalue weighted by Crippen LogP contribution is -3.00. The average Bonchev–Trinajstić information content (AvgIpc) is 3.07. The number of hydrogen-bond acceptors (Lipinski definition) is 9. The molecule has 0 heterocycles. The smallest absolute Gasteiger partial charge is 0.762 e. The van der Waals surface area contributed by atoms with Crippen molar-refractivity contribution in [1.29, 1.82) is 0 Å². The molecule has 0 atom stereocenters. The summed E-state index contributed by atoms with van der Waals surface area (Å²) in [5.41, 5.74) is 0.974. The molecule has 282 valence electrons. The minimum Gasteiger partial charge on any atom is -1.00 e. The van der Waals surface area contributed by atoms with Gasteiger partial charge >= 0.3 is 7.54 Å². The van der Waals surface area contributed by atoms with Crippen molar-refractivity contribution < 1.29 is 60.3 Å². The number of benzene rings is 4. The van der Waals surface area contributed by atoms with Crippen LogP contribution in [0.3, 0.4) is 0 Å². The molecule has 0 aromatic heterocycles. The Kier molecular flexibility index (Phi) is 19.5. The molecule has 1 N–H and O–H groups in total. The van der Waals surface area contributed by atoms with Gasteiger partial charge in [0.25, 0.3) is 0 Å². The number of rotatable bonds is 9. The number of carboxylic acids is 2. The number of ketones is 1. The third-order valence-electron chi connectivity index (χ3n) is 7.23. The molecule has 0 fully saturated rings. The third kappa shape index (κ3) is 14.0. The van der Waals surface area contributed by atoms with Crippen LogP contribution in [0, 0.1) is 0 Å². The van der Waals surface area contributed by atoms with E-state index in [0.29, 0.717) is 17.0 Å². The van der Waals surface area contributed by atoms with Crippen LogP contribution in [0.4, 0.5) is 12.9 Å². The van der Waals surface area contributed by atoms with Crippen molar-refractivity contribution in [1.82, 2.24) is 0 Å². The molecule has 4 aromatic rings. The number of Topliss-reactive ketones (excluding diaryl/α,β-unsaturated/α-hetero) is 1. The van der Waals surface area contributed by atoms with E-state index in [0.717, 1.165) is 5.56 Å². The maximum Gasteiger partial charge on any atom is 0.762 e. The fourth-order valence-electron chi connectivity index (χ4n) is 4.65. The molecule has 0 aliphatic rings. The van der Waals surface area contributed by atoms with Gasteiger partial charge in [-0.25, -0.2) is 8.42 Å². The van der Waals surface area contributed by atoms with Crippen molar-refractivity contribution in [3.63, 3.8) is 0 Å². The number of aliphatic carboxylic acids is 2. The summed E-state index contributed by atoms with van der Waals surface area (Å²) in [5, 5.41) is 31.7. The van der Waals surface area contributed by atoms with E-state index in [1.807, 2.05) is 39.8 Å². The zero-order chi connectivity index (χ0) is 39.1. The van der Waals surface area contributed by atoms with Crippen molar-refractivity contribution >= 4 is 35.4 Å². The molecule has 0 unspecified atom stereocenters. The summed E-state index contributed by atoms with van der Waals surface area (Å²) >= 11 is 0. The fraction of sp³-hybridized carbons (Fsp3) is 0.270. The van der Waals surface area contributed by atoms with Gasteiger partial charge in [0, 0.05) is 5.56 Å². The zero-order valence-corrected chi connectivity index (χ0v) is 30.1. The van der Waals surface area contributed by atoms with E-state index in [4.69, 9.17) is 0 Å². The van der Waals surface area contributed by atoms with E-state index in [9.17, 15) is 55.6 Å². The Hall–Kier alpha value is -4.86. The fourth-order valence-corrected chi connectivity index (χ4v) is 5.81. The highest BCUT2D eigenvalue weighted by Gasteiger charge is 2.33. The molecule has 0 aliphatic carbocycles. The molecule has 0 saturated heterocycles. The second kappa shape index (κ2) is 21.5. The first-order valence-corrected chi connectivity index (χ1v) is 17.0. The van der Waals surface area contributed by atoms with E-state index in [1.54, 1.807) is 78.9 Å². The maximum absolute atomic E-state index is 11.6. The second-order valence-corrected chi connectivity index (χ2v) is 13.2. The van der Waals surface area contributed by atoms with Crippen molar-refractivity contribution in [3.05, 3.63) is 137 Å². The minimum absolute atomic E-state index is 0. The van der Waals surface area contributed by atoms with Gasteiger partial charge in [0.2, 0.25) is 5.78 Å². The molecule has 0 radical (unpaired) electrons. The van der Waals surface area contributed by atoms with Gasteiger partial charge in [-0.05, 0) is 45.6 Å².